The van der Waals surface area contributed by atoms with Crippen LogP contribution in [0.3, 0.4) is 0 Å². The van der Waals surface area contributed by atoms with E-state index >= 15 is 0 Å². The van der Waals surface area contributed by atoms with Gasteiger partial charge in [0.05, 0.1) is 6.10 Å². The van der Waals surface area contributed by atoms with E-state index in [1.807, 2.05) is 0 Å². The van der Waals surface area contributed by atoms with Gasteiger partial charge in [-0.15, -0.1) is 0 Å². The number of hydrogen-bond acceptors (Lipinski definition) is 4. The van der Waals surface area contributed by atoms with E-state index in [0.29, 0.717) is 12.8 Å². The average Bonchev–Trinajstić information content (AvgIpc) is 2.68. The Morgan fingerprint density at radius 1 is 1.00 bits per heavy atom. The molecule has 1 spiro atoms. The predicted molar refractivity (Wildman–Crippen MR) is 86.6 cm³/mol. The Balaban J connectivity index is 1.82. The van der Waals surface area contributed by atoms with E-state index in [2.05, 4.69) is 43.4 Å². The van der Waals surface area contributed by atoms with Crippen LogP contribution in [0.25, 0.3) is 0 Å². The number of rotatable bonds is 2. The van der Waals surface area contributed by atoms with Crippen molar-refractivity contribution in [2.24, 2.45) is 0 Å². The largest absolute Gasteiger partial charge is 0.323 e. The molecular weight excluding hydrogens is 294 g/mol. The highest BCUT2D eigenvalue weighted by Crippen LogP contribution is 2.45. The minimum Gasteiger partial charge on any atom is -0.323 e. The van der Waals surface area contributed by atoms with Gasteiger partial charge in [-0.3, -0.25) is 14.9 Å². The minimum absolute atomic E-state index is 0.207. The number of hydrogen-bond donors (Lipinski definition) is 2. The Labute approximate surface area is 138 Å². The smallest absolute Gasteiger partial charge is 0.322 e. The second-order valence-electron chi connectivity index (χ2n) is 8.63. The molecule has 130 valence electrons. The van der Waals surface area contributed by atoms with Crippen molar-refractivity contribution in [3.63, 3.8) is 0 Å². The zero-order valence-electron chi connectivity index (χ0n) is 14.7. The van der Waals surface area contributed by atoms with E-state index in [1.54, 1.807) is 0 Å². The van der Waals surface area contributed by atoms with Crippen LogP contribution in [0, 0.1) is 0 Å². The Morgan fingerprint density at radius 3 is 2.04 bits per heavy atom. The molecule has 0 bridgehead atoms. The van der Waals surface area contributed by atoms with Gasteiger partial charge in [-0.25, -0.2) is 4.79 Å². The van der Waals surface area contributed by atoms with Crippen LogP contribution in [0.15, 0.2) is 0 Å². The lowest BCUT2D eigenvalue weighted by Gasteiger charge is -2.57. The molecule has 3 amide bonds. The van der Waals surface area contributed by atoms with E-state index in [4.69, 9.17) is 4.84 Å². The van der Waals surface area contributed by atoms with Crippen LogP contribution in [0.4, 0.5) is 4.79 Å². The molecule has 3 aliphatic rings. The Hall–Kier alpha value is -1.14. The molecule has 2 N–H and O–H groups in total. The van der Waals surface area contributed by atoms with Gasteiger partial charge in [0.1, 0.15) is 5.54 Å². The van der Waals surface area contributed by atoms with Gasteiger partial charge >= 0.3 is 6.03 Å². The number of carbonyl (C=O) groups is 2. The van der Waals surface area contributed by atoms with Crippen molar-refractivity contribution in [3.8, 4) is 0 Å². The highest BCUT2D eigenvalue weighted by Gasteiger charge is 2.60. The number of nitrogens with one attached hydrogen (secondary N) is 2. The van der Waals surface area contributed by atoms with Crippen LogP contribution in [-0.4, -0.2) is 39.7 Å². The molecule has 0 aromatic rings. The molecular formula is C17H29N3O3. The molecule has 2 heterocycles. The molecule has 1 aliphatic carbocycles. The summed E-state index contributed by atoms with van der Waals surface area (Å²) in [6.45, 7) is 8.37. The highest BCUT2D eigenvalue weighted by molar-refractivity contribution is 6.07. The fourth-order valence-electron chi connectivity index (χ4n) is 4.88. The molecule has 0 atom stereocenters. The van der Waals surface area contributed by atoms with Crippen LogP contribution in [0.2, 0.25) is 0 Å². The van der Waals surface area contributed by atoms with Crippen molar-refractivity contribution in [3.05, 3.63) is 0 Å². The minimum atomic E-state index is -0.823. The average molecular weight is 323 g/mol. The quantitative estimate of drug-likeness (QED) is 0.766. The van der Waals surface area contributed by atoms with Crippen LogP contribution < -0.4 is 10.6 Å². The van der Waals surface area contributed by atoms with Gasteiger partial charge in [-0.2, -0.15) is 5.06 Å². The Bertz CT molecular complexity index is 491. The first-order valence-electron chi connectivity index (χ1n) is 8.75. The maximum atomic E-state index is 12.4. The SMILES string of the molecule is CC1(C)CC2(CC(C)(C)N1OC1CCCCC1)NC(=O)NC2=O. The lowest BCUT2D eigenvalue weighted by molar-refractivity contribution is -0.314. The second-order valence-corrected chi connectivity index (χ2v) is 8.63. The molecule has 3 fully saturated rings. The first kappa shape index (κ1) is 16.7. The Morgan fingerprint density at radius 2 is 1.57 bits per heavy atom. The van der Waals surface area contributed by atoms with Crippen molar-refractivity contribution in [2.75, 3.05) is 0 Å². The summed E-state index contributed by atoms with van der Waals surface area (Å²) in [7, 11) is 0. The van der Waals surface area contributed by atoms with Gasteiger partial charge in [0, 0.05) is 11.1 Å². The summed E-state index contributed by atoms with van der Waals surface area (Å²) < 4.78 is 0. The molecule has 2 saturated heterocycles. The molecule has 6 nitrogen and oxygen atoms in total. The maximum absolute atomic E-state index is 12.4. The molecule has 23 heavy (non-hydrogen) atoms. The number of amides is 3. The topological polar surface area (TPSA) is 70.7 Å². The van der Waals surface area contributed by atoms with Crippen LogP contribution in [-0.2, 0) is 9.63 Å². The lowest BCUT2D eigenvalue weighted by Crippen LogP contribution is -2.70. The molecule has 0 radical (unpaired) electrons. The van der Waals surface area contributed by atoms with Gasteiger partial charge < -0.3 is 5.32 Å². The monoisotopic (exact) mass is 323 g/mol. The summed E-state index contributed by atoms with van der Waals surface area (Å²) >= 11 is 0. The highest BCUT2D eigenvalue weighted by atomic mass is 16.7. The number of carbonyl (C=O) groups excluding carboxylic acids is 2. The van der Waals surface area contributed by atoms with Crippen molar-refractivity contribution in [1.29, 1.82) is 0 Å². The first-order valence-corrected chi connectivity index (χ1v) is 8.75. The number of imide groups is 1. The second kappa shape index (κ2) is 5.45. The predicted octanol–water partition coefficient (Wildman–Crippen LogP) is 2.48. The van der Waals surface area contributed by atoms with E-state index in [1.165, 1.54) is 19.3 Å². The molecule has 6 heteroatoms. The van der Waals surface area contributed by atoms with Crippen molar-refractivity contribution < 1.29 is 14.4 Å². The van der Waals surface area contributed by atoms with E-state index < -0.39 is 5.54 Å². The van der Waals surface area contributed by atoms with Crippen molar-refractivity contribution >= 4 is 11.9 Å². The number of nitrogens with zero attached hydrogens (tertiary/aromatic N) is 1. The first-order chi connectivity index (χ1) is 10.6. The van der Waals surface area contributed by atoms with E-state index in [0.717, 1.165) is 12.8 Å². The van der Waals surface area contributed by atoms with E-state index in [-0.39, 0.29) is 29.1 Å². The zero-order valence-corrected chi connectivity index (χ0v) is 14.7. The fourth-order valence-corrected chi connectivity index (χ4v) is 4.88. The van der Waals surface area contributed by atoms with Crippen LogP contribution >= 0.6 is 0 Å². The third-order valence-electron chi connectivity index (χ3n) is 5.39. The van der Waals surface area contributed by atoms with Crippen molar-refractivity contribution in [2.45, 2.75) is 95.4 Å². The third kappa shape index (κ3) is 2.98. The summed E-state index contributed by atoms with van der Waals surface area (Å²) in [5.74, 6) is -0.207. The number of hydroxylamine groups is 2. The van der Waals surface area contributed by atoms with E-state index in [9.17, 15) is 9.59 Å². The van der Waals surface area contributed by atoms with Crippen LogP contribution in [0.1, 0.15) is 72.6 Å². The normalized spacial score (nSPS) is 30.3. The molecule has 0 aromatic heterocycles. The summed E-state index contributed by atoms with van der Waals surface area (Å²) in [6, 6.07) is -0.386. The molecule has 2 aliphatic heterocycles. The number of urea groups is 1. The third-order valence-corrected chi connectivity index (χ3v) is 5.39. The Kier molecular flexibility index (Phi) is 3.96. The van der Waals surface area contributed by atoms with Gasteiger partial charge in [0.2, 0.25) is 0 Å². The lowest BCUT2D eigenvalue weighted by atomic mass is 9.70. The summed E-state index contributed by atoms with van der Waals surface area (Å²) in [5, 5.41) is 7.37. The fraction of sp³-hybridized carbons (Fsp3) is 0.882. The van der Waals surface area contributed by atoms with Crippen molar-refractivity contribution in [1.82, 2.24) is 15.7 Å². The summed E-state index contributed by atoms with van der Waals surface area (Å²) in [6.07, 6.45) is 7.31. The summed E-state index contributed by atoms with van der Waals surface area (Å²) in [5.41, 5.74) is -1.50. The van der Waals surface area contributed by atoms with Gasteiger partial charge in [0.25, 0.3) is 5.91 Å². The molecule has 0 unspecified atom stereocenters. The van der Waals surface area contributed by atoms with Gasteiger partial charge in [0.15, 0.2) is 0 Å². The van der Waals surface area contributed by atoms with Crippen LogP contribution in [0.5, 0.6) is 0 Å². The number of piperidine rings is 1. The van der Waals surface area contributed by atoms with Gasteiger partial charge in [-0.05, 0) is 53.4 Å². The maximum Gasteiger partial charge on any atom is 0.322 e. The standard InChI is InChI=1S/C17H29N3O3/c1-15(2)10-17(13(21)18-14(22)19-17)11-16(3,4)20(15)23-12-8-6-5-7-9-12/h12H,5-11H2,1-4H3,(H2,18,19,21,22). The molecule has 3 rings (SSSR count). The zero-order chi connectivity index (χ0) is 16.9. The summed E-state index contributed by atoms with van der Waals surface area (Å²) in [4.78, 5) is 30.5. The van der Waals surface area contributed by atoms with Gasteiger partial charge in [-0.1, -0.05) is 19.3 Å². The molecule has 0 aromatic carbocycles. The molecule has 1 saturated carbocycles.